The lowest BCUT2D eigenvalue weighted by molar-refractivity contribution is 0.0696. The Morgan fingerprint density at radius 2 is 1.76 bits per heavy atom. The summed E-state index contributed by atoms with van der Waals surface area (Å²) in [7, 11) is 1.58. The Hall–Kier alpha value is -2.86. The summed E-state index contributed by atoms with van der Waals surface area (Å²) < 4.78 is 11.5. The van der Waals surface area contributed by atoms with Gasteiger partial charge in [-0.05, 0) is 37.5 Å². The molecular formula is C23H26N2O4. The third-order valence-corrected chi connectivity index (χ3v) is 5.67. The van der Waals surface area contributed by atoms with Crippen LogP contribution in [0.4, 0.5) is 0 Å². The van der Waals surface area contributed by atoms with Gasteiger partial charge in [0.25, 0.3) is 11.8 Å². The fraction of sp³-hybridized carbons (Fsp3) is 0.391. The van der Waals surface area contributed by atoms with Crippen LogP contribution in [-0.2, 0) is 4.74 Å². The quantitative estimate of drug-likeness (QED) is 0.836. The topological polar surface area (TPSA) is 76.7 Å². The molecule has 2 aliphatic heterocycles. The monoisotopic (exact) mass is 394 g/mol. The Labute approximate surface area is 170 Å². The summed E-state index contributed by atoms with van der Waals surface area (Å²) in [4.78, 5) is 25.5. The molecule has 2 N–H and O–H groups in total. The first kappa shape index (κ1) is 19.5. The molecule has 0 unspecified atom stereocenters. The van der Waals surface area contributed by atoms with E-state index in [4.69, 9.17) is 9.47 Å². The van der Waals surface area contributed by atoms with Crippen molar-refractivity contribution in [2.45, 2.75) is 37.8 Å². The van der Waals surface area contributed by atoms with Crippen LogP contribution in [0.2, 0.25) is 0 Å². The SMILES string of the molecule is CNC(=O)c1cc(C(=O)NC2CCOCC2)cc2c1O[C@H](C)[C@H]2c1ccccc1. The zero-order valence-corrected chi connectivity index (χ0v) is 16.7. The molecule has 6 nitrogen and oxygen atoms in total. The van der Waals surface area contributed by atoms with Gasteiger partial charge in [-0.3, -0.25) is 9.59 Å². The van der Waals surface area contributed by atoms with Crippen molar-refractivity contribution in [3.63, 3.8) is 0 Å². The van der Waals surface area contributed by atoms with Crippen molar-refractivity contribution in [3.05, 3.63) is 64.7 Å². The van der Waals surface area contributed by atoms with Crippen molar-refractivity contribution in [2.24, 2.45) is 0 Å². The molecule has 2 aliphatic rings. The van der Waals surface area contributed by atoms with E-state index in [2.05, 4.69) is 10.6 Å². The zero-order valence-electron chi connectivity index (χ0n) is 16.7. The number of benzene rings is 2. The molecule has 2 aromatic rings. The van der Waals surface area contributed by atoms with Crippen LogP contribution >= 0.6 is 0 Å². The number of carbonyl (C=O) groups excluding carboxylic acids is 2. The maximum Gasteiger partial charge on any atom is 0.254 e. The van der Waals surface area contributed by atoms with E-state index in [1.165, 1.54) is 0 Å². The lowest BCUT2D eigenvalue weighted by Gasteiger charge is -2.23. The predicted molar refractivity (Wildman–Crippen MR) is 110 cm³/mol. The molecule has 0 radical (unpaired) electrons. The van der Waals surface area contributed by atoms with Gasteiger partial charge in [-0.2, -0.15) is 0 Å². The van der Waals surface area contributed by atoms with Crippen LogP contribution in [-0.4, -0.2) is 44.2 Å². The van der Waals surface area contributed by atoms with Gasteiger partial charge in [-0.25, -0.2) is 0 Å². The minimum absolute atomic E-state index is 0.0366. The number of rotatable bonds is 4. The average molecular weight is 394 g/mol. The van der Waals surface area contributed by atoms with Crippen molar-refractivity contribution in [1.29, 1.82) is 0 Å². The van der Waals surface area contributed by atoms with Crippen LogP contribution in [0.3, 0.4) is 0 Å². The van der Waals surface area contributed by atoms with Gasteiger partial charge >= 0.3 is 0 Å². The van der Waals surface area contributed by atoms with E-state index >= 15 is 0 Å². The third-order valence-electron chi connectivity index (χ3n) is 5.67. The molecule has 0 bridgehead atoms. The lowest BCUT2D eigenvalue weighted by atomic mass is 9.87. The largest absolute Gasteiger partial charge is 0.489 e. The van der Waals surface area contributed by atoms with Gasteiger partial charge in [0.1, 0.15) is 11.9 Å². The van der Waals surface area contributed by atoms with Crippen molar-refractivity contribution in [3.8, 4) is 5.75 Å². The van der Waals surface area contributed by atoms with Gasteiger partial charge < -0.3 is 20.1 Å². The fourth-order valence-corrected chi connectivity index (χ4v) is 4.18. The Bertz CT molecular complexity index is 907. The normalized spacial score (nSPS) is 21.2. The number of amides is 2. The molecule has 0 spiro atoms. The molecule has 0 aliphatic carbocycles. The number of fused-ring (bicyclic) bond motifs is 1. The van der Waals surface area contributed by atoms with Crippen LogP contribution in [0.25, 0.3) is 0 Å². The Morgan fingerprint density at radius 1 is 1.03 bits per heavy atom. The van der Waals surface area contributed by atoms with Crippen LogP contribution in [0.1, 0.15) is 57.5 Å². The first-order valence-electron chi connectivity index (χ1n) is 10.1. The second-order valence-corrected chi connectivity index (χ2v) is 7.59. The number of hydrogen-bond donors (Lipinski definition) is 2. The second kappa shape index (κ2) is 8.25. The van der Waals surface area contributed by atoms with E-state index in [1.54, 1.807) is 13.1 Å². The number of carbonyl (C=O) groups is 2. The molecule has 1 fully saturated rings. The molecule has 2 amide bonds. The van der Waals surface area contributed by atoms with Crippen LogP contribution < -0.4 is 15.4 Å². The number of ether oxygens (including phenoxy) is 2. The highest BCUT2D eigenvalue weighted by atomic mass is 16.5. The highest BCUT2D eigenvalue weighted by Crippen LogP contribution is 2.44. The summed E-state index contributed by atoms with van der Waals surface area (Å²) in [5, 5.41) is 5.75. The first-order chi connectivity index (χ1) is 14.1. The van der Waals surface area contributed by atoms with Gasteiger partial charge in [-0.1, -0.05) is 30.3 Å². The molecule has 2 heterocycles. The molecule has 152 valence electrons. The van der Waals surface area contributed by atoms with Gasteiger partial charge in [0.2, 0.25) is 0 Å². The summed E-state index contributed by atoms with van der Waals surface area (Å²) in [5.41, 5.74) is 2.85. The maximum absolute atomic E-state index is 13.0. The third kappa shape index (κ3) is 3.85. The van der Waals surface area contributed by atoms with Crippen LogP contribution in [0.15, 0.2) is 42.5 Å². The van der Waals surface area contributed by atoms with Crippen LogP contribution in [0.5, 0.6) is 5.75 Å². The summed E-state index contributed by atoms with van der Waals surface area (Å²) >= 11 is 0. The molecular weight excluding hydrogens is 368 g/mol. The van der Waals surface area contributed by atoms with E-state index in [-0.39, 0.29) is 29.9 Å². The van der Waals surface area contributed by atoms with Crippen molar-refractivity contribution >= 4 is 11.8 Å². The van der Waals surface area contributed by atoms with E-state index in [1.807, 2.05) is 43.3 Å². The lowest BCUT2D eigenvalue weighted by Crippen LogP contribution is -2.39. The van der Waals surface area contributed by atoms with E-state index in [9.17, 15) is 9.59 Å². The van der Waals surface area contributed by atoms with Crippen LogP contribution in [0, 0.1) is 0 Å². The van der Waals surface area contributed by atoms with Gasteiger partial charge in [0, 0.05) is 43.3 Å². The molecule has 6 heteroatoms. The predicted octanol–water partition coefficient (Wildman–Crippen LogP) is 2.87. The zero-order chi connectivity index (χ0) is 20.4. The van der Waals surface area contributed by atoms with Crippen molar-refractivity contribution < 1.29 is 19.1 Å². The molecule has 2 aromatic carbocycles. The minimum atomic E-state index is -0.261. The van der Waals surface area contributed by atoms with Crippen molar-refractivity contribution in [2.75, 3.05) is 20.3 Å². The Balaban J connectivity index is 1.73. The minimum Gasteiger partial charge on any atom is -0.489 e. The highest BCUT2D eigenvalue weighted by Gasteiger charge is 2.36. The highest BCUT2D eigenvalue weighted by molar-refractivity contribution is 6.02. The molecule has 0 saturated carbocycles. The smallest absolute Gasteiger partial charge is 0.254 e. The summed E-state index contributed by atoms with van der Waals surface area (Å²) in [6.45, 7) is 3.30. The molecule has 1 saturated heterocycles. The van der Waals surface area contributed by atoms with E-state index in [0.29, 0.717) is 30.1 Å². The Morgan fingerprint density at radius 3 is 2.45 bits per heavy atom. The Kier molecular flexibility index (Phi) is 5.53. The molecule has 0 aromatic heterocycles. The summed E-state index contributed by atoms with van der Waals surface area (Å²) in [5.74, 6) is 0.0952. The van der Waals surface area contributed by atoms with Gasteiger partial charge in [0.15, 0.2) is 0 Å². The van der Waals surface area contributed by atoms with Gasteiger partial charge in [-0.15, -0.1) is 0 Å². The molecule has 2 atom stereocenters. The van der Waals surface area contributed by atoms with E-state index in [0.717, 1.165) is 24.0 Å². The summed E-state index contributed by atoms with van der Waals surface area (Å²) in [6.07, 6.45) is 1.46. The second-order valence-electron chi connectivity index (χ2n) is 7.59. The number of nitrogens with one attached hydrogen (secondary N) is 2. The fourth-order valence-electron chi connectivity index (χ4n) is 4.18. The molecule has 4 rings (SSSR count). The molecule has 29 heavy (non-hydrogen) atoms. The van der Waals surface area contributed by atoms with E-state index < -0.39 is 0 Å². The standard InChI is InChI=1S/C23H26N2O4/c1-14-20(15-6-4-3-5-7-15)18-12-16(13-19(21(18)29-14)23(27)24-2)22(26)25-17-8-10-28-11-9-17/h3-7,12-14,17,20H,8-11H2,1-2H3,(H,24,27)(H,25,26)/t14-,20+/m1/s1. The number of hydrogen-bond acceptors (Lipinski definition) is 4. The van der Waals surface area contributed by atoms with Gasteiger partial charge in [0.05, 0.1) is 5.56 Å². The maximum atomic E-state index is 13.0. The first-order valence-corrected chi connectivity index (χ1v) is 10.1. The summed E-state index contributed by atoms with van der Waals surface area (Å²) in [6, 6.07) is 13.6. The van der Waals surface area contributed by atoms with Crippen molar-refractivity contribution in [1.82, 2.24) is 10.6 Å². The average Bonchev–Trinajstić information content (AvgIpc) is 3.09.